The Morgan fingerprint density at radius 2 is 2.29 bits per heavy atom. The quantitative estimate of drug-likeness (QED) is 0.819. The molecule has 92 valence electrons. The van der Waals surface area contributed by atoms with Gasteiger partial charge in [-0.3, -0.25) is 4.79 Å². The minimum absolute atomic E-state index is 0.0205. The van der Waals surface area contributed by atoms with Crippen LogP contribution in [0, 0.1) is 0 Å². The van der Waals surface area contributed by atoms with Crippen molar-refractivity contribution in [3.63, 3.8) is 0 Å². The number of phenolic OH excluding ortho intramolecular Hbond substituents is 1. The highest BCUT2D eigenvalue weighted by Gasteiger charge is 2.27. The molecule has 4 nitrogen and oxygen atoms in total. The zero-order valence-electron chi connectivity index (χ0n) is 9.67. The number of rotatable bonds is 3. The molecule has 0 aliphatic carbocycles. The second kappa shape index (κ2) is 5.19. The third-order valence-corrected chi connectivity index (χ3v) is 3.17. The number of likely N-dealkylation sites (tertiary alicyclic amines) is 1. The summed E-state index contributed by atoms with van der Waals surface area (Å²) >= 11 is 0. The molecule has 0 radical (unpaired) electrons. The van der Waals surface area contributed by atoms with E-state index in [-0.39, 0.29) is 30.7 Å². The Hall–Kier alpha value is -1.55. The summed E-state index contributed by atoms with van der Waals surface area (Å²) in [6.07, 6.45) is 2.12. The first-order chi connectivity index (χ1) is 8.20. The number of aliphatic hydroxyl groups excluding tert-OH is 1. The molecule has 0 bridgehead atoms. The van der Waals surface area contributed by atoms with E-state index in [1.807, 2.05) is 6.07 Å². The number of aliphatic hydroxyl groups is 1. The summed E-state index contributed by atoms with van der Waals surface area (Å²) in [6.45, 7) is 0.759. The van der Waals surface area contributed by atoms with Crippen LogP contribution >= 0.6 is 0 Å². The van der Waals surface area contributed by atoms with E-state index in [0.29, 0.717) is 0 Å². The van der Waals surface area contributed by atoms with Crippen molar-refractivity contribution in [3.05, 3.63) is 29.8 Å². The van der Waals surface area contributed by atoms with Crippen molar-refractivity contribution in [2.75, 3.05) is 13.2 Å². The number of phenols is 1. The number of hydrogen-bond acceptors (Lipinski definition) is 3. The lowest BCUT2D eigenvalue weighted by Crippen LogP contribution is -2.38. The van der Waals surface area contributed by atoms with Crippen molar-refractivity contribution < 1.29 is 15.0 Å². The van der Waals surface area contributed by atoms with Crippen LogP contribution in [-0.2, 0) is 11.2 Å². The van der Waals surface area contributed by atoms with Gasteiger partial charge in [0.2, 0.25) is 5.91 Å². The van der Waals surface area contributed by atoms with Crippen LogP contribution in [0.15, 0.2) is 24.3 Å². The van der Waals surface area contributed by atoms with Crippen molar-refractivity contribution in [1.82, 2.24) is 4.90 Å². The fourth-order valence-electron chi connectivity index (χ4n) is 2.30. The number of nitrogens with zero attached hydrogens (tertiary/aromatic N) is 1. The first kappa shape index (κ1) is 11.9. The summed E-state index contributed by atoms with van der Waals surface area (Å²) in [5.41, 5.74) is 0.804. The Balaban J connectivity index is 2.01. The Morgan fingerprint density at radius 1 is 1.47 bits per heavy atom. The van der Waals surface area contributed by atoms with Gasteiger partial charge in [-0.15, -0.1) is 0 Å². The molecule has 1 atom stereocenters. The van der Waals surface area contributed by atoms with E-state index in [1.165, 1.54) is 0 Å². The summed E-state index contributed by atoms with van der Waals surface area (Å²) in [6, 6.07) is 6.70. The number of amides is 1. The molecule has 1 saturated heterocycles. The van der Waals surface area contributed by atoms with Gasteiger partial charge in [-0.25, -0.2) is 0 Å². The SMILES string of the molecule is O=C(Cc1cccc(O)c1)N1CCCC1CO. The summed E-state index contributed by atoms with van der Waals surface area (Å²) < 4.78 is 0. The van der Waals surface area contributed by atoms with Crippen LogP contribution in [0.5, 0.6) is 5.75 Å². The normalized spacial score (nSPS) is 19.6. The Labute approximate surface area is 100 Å². The fraction of sp³-hybridized carbons (Fsp3) is 0.462. The highest BCUT2D eigenvalue weighted by atomic mass is 16.3. The van der Waals surface area contributed by atoms with Crippen LogP contribution < -0.4 is 0 Å². The van der Waals surface area contributed by atoms with Crippen molar-refractivity contribution in [2.45, 2.75) is 25.3 Å². The van der Waals surface area contributed by atoms with Crippen molar-refractivity contribution in [3.8, 4) is 5.75 Å². The van der Waals surface area contributed by atoms with E-state index in [9.17, 15) is 9.90 Å². The van der Waals surface area contributed by atoms with Crippen molar-refractivity contribution in [1.29, 1.82) is 0 Å². The standard InChI is InChI=1S/C13H17NO3/c15-9-11-4-2-6-14(11)13(17)8-10-3-1-5-12(16)7-10/h1,3,5,7,11,15-16H,2,4,6,8-9H2. The predicted molar refractivity (Wildman–Crippen MR) is 63.6 cm³/mol. The molecule has 2 N–H and O–H groups in total. The molecule has 0 saturated carbocycles. The van der Waals surface area contributed by atoms with E-state index >= 15 is 0 Å². The number of hydrogen-bond donors (Lipinski definition) is 2. The maximum absolute atomic E-state index is 12.0. The fourth-order valence-corrected chi connectivity index (χ4v) is 2.30. The Kier molecular flexibility index (Phi) is 3.64. The first-order valence-corrected chi connectivity index (χ1v) is 5.89. The van der Waals surface area contributed by atoms with Crippen molar-refractivity contribution >= 4 is 5.91 Å². The molecular weight excluding hydrogens is 218 g/mol. The maximum Gasteiger partial charge on any atom is 0.227 e. The van der Waals surface area contributed by atoms with Gasteiger partial charge in [-0.1, -0.05) is 12.1 Å². The second-order valence-electron chi connectivity index (χ2n) is 4.41. The topological polar surface area (TPSA) is 60.8 Å². The molecule has 2 rings (SSSR count). The van der Waals surface area contributed by atoms with Crippen LogP contribution in [-0.4, -0.2) is 40.2 Å². The van der Waals surface area contributed by atoms with Gasteiger partial charge in [0, 0.05) is 6.54 Å². The average molecular weight is 235 g/mol. The molecule has 0 aromatic heterocycles. The highest BCUT2D eigenvalue weighted by molar-refractivity contribution is 5.79. The molecule has 0 spiro atoms. The van der Waals surface area contributed by atoms with E-state index in [2.05, 4.69) is 0 Å². The molecule has 17 heavy (non-hydrogen) atoms. The van der Waals surface area contributed by atoms with Gasteiger partial charge in [0.15, 0.2) is 0 Å². The van der Waals surface area contributed by atoms with Gasteiger partial charge in [-0.05, 0) is 30.5 Å². The van der Waals surface area contributed by atoms with Crippen LogP contribution in [0.25, 0.3) is 0 Å². The summed E-state index contributed by atoms with van der Waals surface area (Å²) in [7, 11) is 0. The molecule has 1 aromatic carbocycles. The lowest BCUT2D eigenvalue weighted by atomic mass is 10.1. The Morgan fingerprint density at radius 3 is 3.00 bits per heavy atom. The van der Waals surface area contributed by atoms with Crippen LogP contribution in [0.3, 0.4) is 0 Å². The van der Waals surface area contributed by atoms with Crippen LogP contribution in [0.1, 0.15) is 18.4 Å². The highest BCUT2D eigenvalue weighted by Crippen LogP contribution is 2.19. The third kappa shape index (κ3) is 2.77. The molecule has 1 fully saturated rings. The second-order valence-corrected chi connectivity index (χ2v) is 4.41. The Bertz CT molecular complexity index is 405. The maximum atomic E-state index is 12.0. The van der Waals surface area contributed by atoms with Crippen LogP contribution in [0.4, 0.5) is 0 Å². The summed E-state index contributed by atoms with van der Waals surface area (Å²) in [4.78, 5) is 13.8. The zero-order valence-corrected chi connectivity index (χ0v) is 9.67. The van der Waals surface area contributed by atoms with Gasteiger partial charge in [-0.2, -0.15) is 0 Å². The molecule has 1 unspecified atom stereocenters. The molecule has 1 aliphatic heterocycles. The molecule has 4 heteroatoms. The third-order valence-electron chi connectivity index (χ3n) is 3.17. The number of benzene rings is 1. The average Bonchev–Trinajstić information content (AvgIpc) is 2.77. The minimum atomic E-state index is -0.0280. The first-order valence-electron chi connectivity index (χ1n) is 5.89. The molecule has 1 aromatic rings. The number of carbonyl (C=O) groups is 1. The van der Waals surface area contributed by atoms with Crippen LogP contribution in [0.2, 0.25) is 0 Å². The van der Waals surface area contributed by atoms with Crippen molar-refractivity contribution in [2.24, 2.45) is 0 Å². The smallest absolute Gasteiger partial charge is 0.227 e. The summed E-state index contributed by atoms with van der Waals surface area (Å²) in [5.74, 6) is 0.197. The lowest BCUT2D eigenvalue weighted by Gasteiger charge is -2.23. The van der Waals surface area contributed by atoms with E-state index in [4.69, 9.17) is 5.11 Å². The monoisotopic (exact) mass is 235 g/mol. The van der Waals surface area contributed by atoms with E-state index < -0.39 is 0 Å². The van der Waals surface area contributed by atoms with Gasteiger partial charge < -0.3 is 15.1 Å². The minimum Gasteiger partial charge on any atom is -0.508 e. The van der Waals surface area contributed by atoms with Gasteiger partial charge in [0.1, 0.15) is 5.75 Å². The molecule has 1 heterocycles. The molecular formula is C13H17NO3. The van der Waals surface area contributed by atoms with Gasteiger partial charge >= 0.3 is 0 Å². The van der Waals surface area contributed by atoms with E-state index in [0.717, 1.165) is 24.9 Å². The molecule has 1 amide bonds. The van der Waals surface area contributed by atoms with Gasteiger partial charge in [0.05, 0.1) is 19.1 Å². The molecule has 1 aliphatic rings. The zero-order chi connectivity index (χ0) is 12.3. The summed E-state index contributed by atoms with van der Waals surface area (Å²) in [5, 5.41) is 18.5. The number of carbonyl (C=O) groups excluding carboxylic acids is 1. The number of aromatic hydroxyl groups is 1. The largest absolute Gasteiger partial charge is 0.508 e. The lowest BCUT2D eigenvalue weighted by molar-refractivity contribution is -0.131. The van der Waals surface area contributed by atoms with Gasteiger partial charge in [0.25, 0.3) is 0 Å². The van der Waals surface area contributed by atoms with E-state index in [1.54, 1.807) is 23.1 Å². The predicted octanol–water partition coefficient (Wildman–Crippen LogP) is 0.918.